The average Bonchev–Trinajstić information content (AvgIpc) is 3.08. The maximum atomic E-state index is 12.8. The Kier molecular flexibility index (Phi) is 8.36. The molecule has 0 radical (unpaired) electrons. The number of aryl methyl sites for hydroxylation is 1. The van der Waals surface area contributed by atoms with Crippen LogP contribution in [0.1, 0.15) is 41.5 Å². The minimum atomic E-state index is -4.95. The van der Waals surface area contributed by atoms with Crippen LogP contribution in [0.3, 0.4) is 0 Å². The molecule has 11 nitrogen and oxygen atoms in total. The Balaban J connectivity index is 1.39. The van der Waals surface area contributed by atoms with Crippen molar-refractivity contribution in [2.24, 2.45) is 10.2 Å². The van der Waals surface area contributed by atoms with E-state index >= 15 is 0 Å². The van der Waals surface area contributed by atoms with Crippen LogP contribution in [0.2, 0.25) is 0 Å². The Labute approximate surface area is 284 Å². The molecule has 0 atom stereocenters. The van der Waals surface area contributed by atoms with E-state index in [1.807, 2.05) is 37.4 Å². The maximum Gasteiger partial charge on any atom is 0.295 e. The van der Waals surface area contributed by atoms with Gasteiger partial charge in [-0.25, -0.2) is 4.58 Å². The summed E-state index contributed by atoms with van der Waals surface area (Å²) in [5.74, 6) is 3.61. The molecule has 0 spiro atoms. The second-order valence-corrected chi connectivity index (χ2v) is 15.1. The number of azo groups is 1. The van der Waals surface area contributed by atoms with Gasteiger partial charge in [-0.3, -0.25) is 9.11 Å². The summed E-state index contributed by atoms with van der Waals surface area (Å²) < 4.78 is 78.6. The molecule has 250 valence electrons. The number of fused-ring (bicyclic) bond motifs is 3. The van der Waals surface area contributed by atoms with Gasteiger partial charge in [0.05, 0.1) is 21.8 Å². The fourth-order valence-corrected chi connectivity index (χ4v) is 8.18. The third-order valence-electron chi connectivity index (χ3n) is 9.15. The fraction of sp³-hybridized carbons (Fsp3) is 0.250. The molecule has 0 aromatic heterocycles. The van der Waals surface area contributed by atoms with Gasteiger partial charge in [0.25, 0.3) is 20.2 Å². The molecule has 3 aliphatic heterocycles. The summed E-state index contributed by atoms with van der Waals surface area (Å²) >= 11 is 0. The van der Waals surface area contributed by atoms with Gasteiger partial charge >= 0.3 is 0 Å². The van der Waals surface area contributed by atoms with Crippen molar-refractivity contribution >= 4 is 42.9 Å². The first kappa shape index (κ1) is 32.7. The lowest BCUT2D eigenvalue weighted by atomic mass is 9.87. The van der Waals surface area contributed by atoms with Crippen LogP contribution in [0.5, 0.6) is 11.5 Å². The van der Waals surface area contributed by atoms with E-state index < -0.39 is 30.0 Å². The number of rotatable bonds is 8. The third-order valence-corrected chi connectivity index (χ3v) is 10.9. The van der Waals surface area contributed by atoms with Crippen molar-refractivity contribution in [2.75, 3.05) is 31.6 Å². The summed E-state index contributed by atoms with van der Waals surface area (Å²) in [5.41, 5.74) is 5.29. The van der Waals surface area contributed by atoms with Crippen molar-refractivity contribution in [1.82, 2.24) is 4.58 Å². The average molecular weight is 698 g/mol. The lowest BCUT2D eigenvalue weighted by molar-refractivity contribution is 0.437. The molecule has 0 saturated heterocycles. The molecule has 13 heteroatoms. The molecule has 0 unspecified atom stereocenters. The first-order valence-electron chi connectivity index (χ1n) is 15.8. The van der Waals surface area contributed by atoms with Gasteiger partial charge in [0.15, 0.2) is 0 Å². The van der Waals surface area contributed by atoms with Gasteiger partial charge < -0.3 is 9.64 Å². The highest BCUT2D eigenvalue weighted by Crippen LogP contribution is 2.42. The van der Waals surface area contributed by atoms with Crippen LogP contribution in [-0.2, 0) is 33.1 Å². The minimum absolute atomic E-state index is 0.0676. The minimum Gasteiger partial charge on any atom is -0.455 e. The topological polar surface area (TPSA) is 149 Å². The van der Waals surface area contributed by atoms with Crippen LogP contribution in [-0.4, -0.2) is 52.6 Å². The van der Waals surface area contributed by atoms with Gasteiger partial charge in [0, 0.05) is 72.1 Å². The molecule has 4 aromatic rings. The molecule has 2 N–H and O–H groups in total. The molecule has 7 rings (SSSR count). The summed E-state index contributed by atoms with van der Waals surface area (Å²) in [5, 5.41) is 10.6. The molecule has 0 saturated carbocycles. The summed E-state index contributed by atoms with van der Waals surface area (Å²) in [6.07, 6.45) is 9.50. The smallest absolute Gasteiger partial charge is 0.295 e. The number of terminal acetylenes is 1. The summed E-state index contributed by atoms with van der Waals surface area (Å²) in [7, 11) is -7.76. The number of benzene rings is 4. The molecular formula is C36H33N4O7S2+. The number of hydrogen-bond donors (Lipinski definition) is 2. The van der Waals surface area contributed by atoms with E-state index in [0.29, 0.717) is 45.6 Å². The quantitative estimate of drug-likeness (QED) is 0.102. The molecule has 3 aliphatic rings. The number of hydrogen-bond acceptors (Lipinski definition) is 8. The van der Waals surface area contributed by atoms with Crippen molar-refractivity contribution in [2.45, 2.75) is 41.9 Å². The van der Waals surface area contributed by atoms with Crippen LogP contribution in [0.4, 0.5) is 17.1 Å². The second-order valence-electron chi connectivity index (χ2n) is 12.3. The lowest BCUT2D eigenvalue weighted by Crippen LogP contribution is -2.45. The van der Waals surface area contributed by atoms with Gasteiger partial charge in [-0.05, 0) is 67.4 Å². The zero-order valence-electron chi connectivity index (χ0n) is 26.6. The molecule has 3 heterocycles. The van der Waals surface area contributed by atoms with Crippen molar-refractivity contribution < 1.29 is 30.7 Å². The summed E-state index contributed by atoms with van der Waals surface area (Å²) in [4.78, 5) is 0.749. The Morgan fingerprint density at radius 2 is 1.57 bits per heavy atom. The van der Waals surface area contributed by atoms with Gasteiger partial charge in [0.2, 0.25) is 5.36 Å². The summed E-state index contributed by atoms with van der Waals surface area (Å²) in [6.45, 7) is 2.60. The van der Waals surface area contributed by atoms with Crippen molar-refractivity contribution in [3.63, 3.8) is 0 Å². The summed E-state index contributed by atoms with van der Waals surface area (Å²) in [6, 6.07) is 18.0. The lowest BCUT2D eigenvalue weighted by Gasteiger charge is -2.27. The number of ether oxygens (including phenoxy) is 1. The Morgan fingerprint density at radius 1 is 0.878 bits per heavy atom. The van der Waals surface area contributed by atoms with Crippen molar-refractivity contribution in [3.05, 3.63) is 99.6 Å². The van der Waals surface area contributed by atoms with Gasteiger partial charge in [-0.2, -0.15) is 27.1 Å². The predicted molar refractivity (Wildman–Crippen MR) is 185 cm³/mol. The maximum absolute atomic E-state index is 12.8. The normalized spacial score (nSPS) is 15.2. The van der Waals surface area contributed by atoms with E-state index in [1.54, 1.807) is 18.2 Å². The van der Waals surface area contributed by atoms with E-state index in [-0.39, 0.29) is 5.56 Å². The standard InChI is InChI=1S/C36H32N4O7S2/c1-3-4-17-39(2)26-12-9-24(10-13-26)37-38-25-11-15-28-32(21-25)47-36-30-8-6-19-40-18-5-7-23(35(30)40)20-31(36)34(28)29-16-14-27(48(41,42)43)22-33(29)49(44,45)46/h1,9-16,20-22H,4-8,17-19H2,2H3,(H-,41,42,43,44,45,46)/p+1. The Morgan fingerprint density at radius 3 is 2.29 bits per heavy atom. The van der Waals surface area contributed by atoms with Gasteiger partial charge in [-0.15, -0.1) is 12.3 Å². The van der Waals surface area contributed by atoms with Crippen LogP contribution >= 0.6 is 0 Å². The van der Waals surface area contributed by atoms with Crippen LogP contribution in [0.25, 0.3) is 5.57 Å². The molecule has 0 fully saturated rings. The SMILES string of the molecule is C#CCCN(C)c1ccc(N=Nc2ccc3c(c2)Oc2c4c5c(cc2=C3c2ccc(S(=O)(=O)O)cc2S(=O)(=O)O)CCC[N+]=5CCC4)cc1. The highest BCUT2D eigenvalue weighted by atomic mass is 32.2. The zero-order valence-corrected chi connectivity index (χ0v) is 28.3. The molecule has 0 amide bonds. The van der Waals surface area contributed by atoms with Gasteiger partial charge in [0.1, 0.15) is 29.5 Å². The van der Waals surface area contributed by atoms with Crippen LogP contribution in [0.15, 0.2) is 86.7 Å². The van der Waals surface area contributed by atoms with E-state index in [4.69, 9.17) is 11.2 Å². The monoisotopic (exact) mass is 697 g/mol. The first-order chi connectivity index (χ1) is 23.4. The van der Waals surface area contributed by atoms with E-state index in [0.717, 1.165) is 79.6 Å². The number of nitrogens with zero attached hydrogens (tertiary/aromatic N) is 4. The highest BCUT2D eigenvalue weighted by Gasteiger charge is 2.33. The molecule has 4 aromatic carbocycles. The van der Waals surface area contributed by atoms with Crippen LogP contribution in [0, 0.1) is 12.3 Å². The fourth-order valence-electron chi connectivity index (χ4n) is 6.88. The van der Waals surface area contributed by atoms with Crippen LogP contribution < -0.4 is 24.8 Å². The second kappa shape index (κ2) is 12.5. The predicted octanol–water partition coefficient (Wildman–Crippen LogP) is 4.79. The Hall–Kier alpha value is -4.87. The third kappa shape index (κ3) is 6.24. The number of anilines is 1. The molecule has 0 bridgehead atoms. The van der Waals surface area contributed by atoms with Crippen molar-refractivity contribution in [3.8, 4) is 23.8 Å². The van der Waals surface area contributed by atoms with Gasteiger partial charge in [-0.1, -0.05) is 6.07 Å². The molecule has 0 aliphatic carbocycles. The van der Waals surface area contributed by atoms with E-state index in [1.165, 1.54) is 6.07 Å². The van der Waals surface area contributed by atoms with E-state index in [9.17, 15) is 25.9 Å². The first-order valence-corrected chi connectivity index (χ1v) is 18.7. The Bertz CT molecular complexity index is 2450. The molecule has 49 heavy (non-hydrogen) atoms. The highest BCUT2D eigenvalue weighted by molar-refractivity contribution is 7.86. The van der Waals surface area contributed by atoms with Crippen molar-refractivity contribution in [1.29, 1.82) is 0 Å². The zero-order chi connectivity index (χ0) is 34.5. The van der Waals surface area contributed by atoms with E-state index in [2.05, 4.69) is 25.6 Å². The largest absolute Gasteiger partial charge is 0.455 e. The molecular weight excluding hydrogens is 665 g/mol.